The molecule has 0 aromatic heterocycles. The average Bonchev–Trinajstić information content (AvgIpc) is 2.87. The van der Waals surface area contributed by atoms with E-state index in [2.05, 4.69) is 0 Å². The molecule has 1 fully saturated rings. The fourth-order valence-corrected chi connectivity index (χ4v) is 1.61. The van der Waals surface area contributed by atoms with E-state index in [1.807, 2.05) is 18.2 Å². The van der Waals surface area contributed by atoms with Crippen molar-refractivity contribution in [2.75, 3.05) is 0 Å². The summed E-state index contributed by atoms with van der Waals surface area (Å²) >= 11 is 11.9. The Hall–Kier alpha value is -0.240. The van der Waals surface area contributed by atoms with Crippen molar-refractivity contribution in [3.8, 4) is 0 Å². The van der Waals surface area contributed by atoms with Crippen LogP contribution in [0, 0.1) is 0 Å². The highest BCUT2D eigenvalue weighted by Gasteiger charge is 2.22. The maximum atomic E-state index is 5.97. The van der Waals surface area contributed by atoms with Gasteiger partial charge >= 0.3 is 0 Å². The Morgan fingerprint density at radius 1 is 1.23 bits per heavy atom. The largest absolute Gasteiger partial charge is 0.373 e. The van der Waals surface area contributed by atoms with Gasteiger partial charge in [-0.25, -0.2) is 0 Å². The zero-order valence-electron chi connectivity index (χ0n) is 7.09. The lowest BCUT2D eigenvalue weighted by molar-refractivity contribution is 0.106. The Morgan fingerprint density at radius 3 is 2.38 bits per heavy atom. The molecule has 0 bridgehead atoms. The van der Waals surface area contributed by atoms with Crippen LogP contribution >= 0.6 is 23.2 Å². The van der Waals surface area contributed by atoms with E-state index in [9.17, 15) is 0 Å². The molecular formula is C10H10Cl2O. The number of benzene rings is 1. The molecule has 0 saturated heterocycles. The topological polar surface area (TPSA) is 9.23 Å². The predicted octanol–water partition coefficient (Wildman–Crippen LogP) is 3.67. The number of ether oxygens (including phenoxy) is 1. The molecule has 0 radical (unpaired) electrons. The van der Waals surface area contributed by atoms with Crippen LogP contribution in [0.2, 0.25) is 10.0 Å². The zero-order valence-corrected chi connectivity index (χ0v) is 8.61. The van der Waals surface area contributed by atoms with Gasteiger partial charge in [0.15, 0.2) is 0 Å². The van der Waals surface area contributed by atoms with Crippen molar-refractivity contribution in [1.82, 2.24) is 0 Å². The fourth-order valence-electron chi connectivity index (χ4n) is 1.11. The lowest BCUT2D eigenvalue weighted by atomic mass is 10.2. The van der Waals surface area contributed by atoms with Crippen LogP contribution in [0.4, 0.5) is 0 Å². The quantitative estimate of drug-likeness (QED) is 0.750. The lowest BCUT2D eigenvalue weighted by Crippen LogP contribution is -1.96. The molecule has 3 heteroatoms. The van der Waals surface area contributed by atoms with Gasteiger partial charge in [-0.2, -0.15) is 0 Å². The molecule has 1 saturated carbocycles. The van der Waals surface area contributed by atoms with E-state index in [1.165, 1.54) is 12.8 Å². The van der Waals surface area contributed by atoms with Gasteiger partial charge in [-0.15, -0.1) is 0 Å². The van der Waals surface area contributed by atoms with Crippen molar-refractivity contribution in [3.05, 3.63) is 33.8 Å². The highest BCUT2D eigenvalue weighted by Crippen LogP contribution is 2.29. The van der Waals surface area contributed by atoms with Gasteiger partial charge in [-0.3, -0.25) is 0 Å². The second kappa shape index (κ2) is 3.87. The van der Waals surface area contributed by atoms with Crippen LogP contribution in [0.3, 0.4) is 0 Å². The average molecular weight is 217 g/mol. The molecule has 0 heterocycles. The second-order valence-electron chi connectivity index (χ2n) is 3.21. The van der Waals surface area contributed by atoms with Crippen molar-refractivity contribution in [3.63, 3.8) is 0 Å². The molecule has 2 rings (SSSR count). The maximum Gasteiger partial charge on any atom is 0.0749 e. The van der Waals surface area contributed by atoms with Gasteiger partial charge in [-0.05, 0) is 25.0 Å². The molecule has 0 N–H and O–H groups in total. The molecule has 1 aliphatic carbocycles. The third kappa shape index (κ3) is 2.37. The molecule has 0 unspecified atom stereocenters. The molecular weight excluding hydrogens is 207 g/mol. The van der Waals surface area contributed by atoms with E-state index < -0.39 is 0 Å². The standard InChI is InChI=1S/C10H10Cl2O/c11-9-2-1-3-10(12)8(9)6-13-7-4-5-7/h1-3,7H,4-6H2. The monoisotopic (exact) mass is 216 g/mol. The normalized spacial score (nSPS) is 16.2. The Kier molecular flexibility index (Phi) is 2.77. The minimum Gasteiger partial charge on any atom is -0.373 e. The molecule has 1 aromatic rings. The van der Waals surface area contributed by atoms with E-state index >= 15 is 0 Å². The summed E-state index contributed by atoms with van der Waals surface area (Å²) in [6.07, 6.45) is 2.77. The van der Waals surface area contributed by atoms with Crippen LogP contribution < -0.4 is 0 Å². The highest BCUT2D eigenvalue weighted by molar-refractivity contribution is 6.35. The fraction of sp³-hybridized carbons (Fsp3) is 0.400. The van der Waals surface area contributed by atoms with Crippen LogP contribution in [0.15, 0.2) is 18.2 Å². The summed E-state index contributed by atoms with van der Waals surface area (Å²) in [5.74, 6) is 0. The van der Waals surface area contributed by atoms with Crippen LogP contribution in [-0.2, 0) is 11.3 Å². The van der Waals surface area contributed by atoms with E-state index in [0.717, 1.165) is 5.56 Å². The summed E-state index contributed by atoms with van der Waals surface area (Å²) in [5.41, 5.74) is 0.901. The summed E-state index contributed by atoms with van der Waals surface area (Å²) in [5, 5.41) is 1.38. The first-order valence-electron chi connectivity index (χ1n) is 4.32. The number of hydrogen-bond donors (Lipinski definition) is 0. The summed E-state index contributed by atoms with van der Waals surface area (Å²) in [6.45, 7) is 0.531. The van der Waals surface area contributed by atoms with Crippen LogP contribution in [0.1, 0.15) is 18.4 Å². The molecule has 1 aliphatic rings. The summed E-state index contributed by atoms with van der Waals surface area (Å²) in [4.78, 5) is 0. The molecule has 0 atom stereocenters. The highest BCUT2D eigenvalue weighted by atomic mass is 35.5. The van der Waals surface area contributed by atoms with E-state index in [0.29, 0.717) is 22.8 Å². The molecule has 13 heavy (non-hydrogen) atoms. The van der Waals surface area contributed by atoms with Crippen molar-refractivity contribution in [1.29, 1.82) is 0 Å². The minimum atomic E-state index is 0.437. The zero-order chi connectivity index (χ0) is 9.26. The van der Waals surface area contributed by atoms with E-state index in [-0.39, 0.29) is 0 Å². The number of halogens is 2. The van der Waals surface area contributed by atoms with Gasteiger partial charge in [0, 0.05) is 15.6 Å². The smallest absolute Gasteiger partial charge is 0.0749 e. The first kappa shape index (κ1) is 9.32. The van der Waals surface area contributed by atoms with Crippen LogP contribution in [0.5, 0.6) is 0 Å². The molecule has 0 aliphatic heterocycles. The first-order valence-corrected chi connectivity index (χ1v) is 5.07. The summed E-state index contributed by atoms with van der Waals surface area (Å²) in [6, 6.07) is 5.50. The van der Waals surface area contributed by atoms with Crippen LogP contribution in [0.25, 0.3) is 0 Å². The Morgan fingerprint density at radius 2 is 1.85 bits per heavy atom. The van der Waals surface area contributed by atoms with Crippen molar-refractivity contribution < 1.29 is 4.74 Å². The van der Waals surface area contributed by atoms with Crippen molar-refractivity contribution >= 4 is 23.2 Å². The Labute approximate surface area is 87.6 Å². The van der Waals surface area contributed by atoms with Gasteiger partial charge in [0.2, 0.25) is 0 Å². The van der Waals surface area contributed by atoms with Gasteiger partial charge in [0.1, 0.15) is 0 Å². The molecule has 0 amide bonds. The second-order valence-corrected chi connectivity index (χ2v) is 4.02. The molecule has 70 valence electrons. The van der Waals surface area contributed by atoms with Gasteiger partial charge in [0.05, 0.1) is 12.7 Å². The lowest BCUT2D eigenvalue weighted by Gasteiger charge is -2.06. The van der Waals surface area contributed by atoms with E-state index in [4.69, 9.17) is 27.9 Å². The Bertz CT molecular complexity index is 288. The van der Waals surface area contributed by atoms with Crippen molar-refractivity contribution in [2.24, 2.45) is 0 Å². The third-order valence-corrected chi connectivity index (χ3v) is 2.76. The maximum absolute atomic E-state index is 5.97. The van der Waals surface area contributed by atoms with Gasteiger partial charge in [0.25, 0.3) is 0 Å². The number of rotatable bonds is 3. The Balaban J connectivity index is 2.07. The third-order valence-electron chi connectivity index (χ3n) is 2.05. The van der Waals surface area contributed by atoms with Gasteiger partial charge in [-0.1, -0.05) is 29.3 Å². The predicted molar refractivity (Wildman–Crippen MR) is 54.3 cm³/mol. The van der Waals surface area contributed by atoms with E-state index in [1.54, 1.807) is 0 Å². The number of hydrogen-bond acceptors (Lipinski definition) is 1. The summed E-state index contributed by atoms with van der Waals surface area (Å²) < 4.78 is 5.53. The SMILES string of the molecule is Clc1cccc(Cl)c1COC1CC1. The molecule has 0 spiro atoms. The minimum absolute atomic E-state index is 0.437. The van der Waals surface area contributed by atoms with Crippen molar-refractivity contribution in [2.45, 2.75) is 25.6 Å². The molecule has 1 nitrogen and oxygen atoms in total. The summed E-state index contributed by atoms with van der Waals surface area (Å²) in [7, 11) is 0. The van der Waals surface area contributed by atoms with Gasteiger partial charge < -0.3 is 4.74 Å². The first-order chi connectivity index (χ1) is 6.27. The van der Waals surface area contributed by atoms with Crippen LogP contribution in [-0.4, -0.2) is 6.10 Å². The molecule has 1 aromatic carbocycles.